The lowest BCUT2D eigenvalue weighted by Gasteiger charge is -2.09. The maximum Gasteiger partial charge on any atom is 0.277 e. The van der Waals surface area contributed by atoms with E-state index in [9.17, 15) is 4.79 Å². The van der Waals surface area contributed by atoms with Gasteiger partial charge in [0.1, 0.15) is 10.8 Å². The summed E-state index contributed by atoms with van der Waals surface area (Å²) < 4.78 is 8.99. The molecule has 4 aromatic rings. The van der Waals surface area contributed by atoms with E-state index in [0.717, 1.165) is 11.3 Å². The zero-order valence-electron chi connectivity index (χ0n) is 17.9. The van der Waals surface area contributed by atoms with Gasteiger partial charge in [-0.3, -0.25) is 9.48 Å². The minimum atomic E-state index is -0.392. The average Bonchev–Trinajstić information content (AvgIpc) is 3.40. The molecule has 8 heteroatoms. The van der Waals surface area contributed by atoms with Crippen LogP contribution >= 0.6 is 11.6 Å². The molecule has 0 fully saturated rings. The number of nitrogens with one attached hydrogen (secondary N) is 1. The van der Waals surface area contributed by atoms with E-state index in [1.54, 1.807) is 27.8 Å². The normalized spacial score (nSPS) is 11.0. The molecule has 0 atom stereocenters. The Hall–Kier alpha value is -3.58. The topological polar surface area (TPSA) is 74.0 Å². The Bertz CT molecular complexity index is 1180. The number of amides is 1. The van der Waals surface area contributed by atoms with Crippen LogP contribution in [0.15, 0.2) is 73.1 Å². The molecule has 1 amide bonds. The van der Waals surface area contributed by atoms with E-state index in [2.05, 4.69) is 29.4 Å². The molecular formula is C24H24ClN5O2. The average molecular weight is 450 g/mol. The van der Waals surface area contributed by atoms with Gasteiger partial charge in [0.05, 0.1) is 6.54 Å². The van der Waals surface area contributed by atoms with E-state index in [1.165, 1.54) is 5.56 Å². The molecule has 0 radical (unpaired) electrons. The van der Waals surface area contributed by atoms with Crippen LogP contribution in [0.25, 0.3) is 0 Å². The first-order valence-electron chi connectivity index (χ1n) is 10.3. The predicted molar refractivity (Wildman–Crippen MR) is 124 cm³/mol. The zero-order valence-corrected chi connectivity index (χ0v) is 18.7. The number of hydrogen-bond donors (Lipinski definition) is 1. The highest BCUT2D eigenvalue weighted by molar-refractivity contribution is 6.33. The van der Waals surface area contributed by atoms with Crippen LogP contribution in [0.3, 0.4) is 0 Å². The molecule has 32 heavy (non-hydrogen) atoms. The van der Waals surface area contributed by atoms with Gasteiger partial charge in [-0.1, -0.05) is 67.9 Å². The van der Waals surface area contributed by atoms with Gasteiger partial charge in [-0.25, -0.2) is 4.68 Å². The van der Waals surface area contributed by atoms with Gasteiger partial charge in [0.2, 0.25) is 0 Å². The number of carbonyl (C=O) groups excluding carboxylic acids is 1. The van der Waals surface area contributed by atoms with Gasteiger partial charge in [0, 0.05) is 12.4 Å². The van der Waals surface area contributed by atoms with E-state index in [-0.39, 0.29) is 12.4 Å². The maximum atomic E-state index is 12.6. The van der Waals surface area contributed by atoms with Crippen LogP contribution in [0.1, 0.15) is 41.4 Å². The van der Waals surface area contributed by atoms with Crippen LogP contribution in [-0.4, -0.2) is 25.5 Å². The molecular weight excluding hydrogens is 426 g/mol. The van der Waals surface area contributed by atoms with E-state index < -0.39 is 5.91 Å². The van der Waals surface area contributed by atoms with Gasteiger partial charge in [-0.15, -0.1) is 0 Å². The number of hydrogen-bond acceptors (Lipinski definition) is 4. The number of nitrogens with zero attached hydrogens (tertiary/aromatic N) is 4. The third-order valence-electron chi connectivity index (χ3n) is 4.92. The van der Waals surface area contributed by atoms with Crippen molar-refractivity contribution in [2.45, 2.75) is 33.0 Å². The second-order valence-electron chi connectivity index (χ2n) is 7.70. The summed E-state index contributed by atoms with van der Waals surface area (Å²) in [7, 11) is 0. The molecule has 4 rings (SSSR count). The van der Waals surface area contributed by atoms with Crippen molar-refractivity contribution < 1.29 is 9.53 Å². The molecule has 0 bridgehead atoms. The van der Waals surface area contributed by atoms with E-state index in [0.29, 0.717) is 23.3 Å². The molecule has 164 valence electrons. The number of benzene rings is 2. The summed E-state index contributed by atoms with van der Waals surface area (Å²) in [5, 5.41) is 11.7. The Labute approximate surface area is 191 Å². The number of aromatic nitrogens is 4. The number of rotatable bonds is 8. The summed E-state index contributed by atoms with van der Waals surface area (Å²) >= 11 is 6.25. The Morgan fingerprint density at radius 1 is 1.03 bits per heavy atom. The van der Waals surface area contributed by atoms with E-state index in [4.69, 9.17) is 16.3 Å². The van der Waals surface area contributed by atoms with Crippen LogP contribution in [0, 0.1) is 0 Å². The van der Waals surface area contributed by atoms with Gasteiger partial charge >= 0.3 is 0 Å². The SMILES string of the molecule is CC(C)c1ccc(OCn2ccc(C(=O)Nc3nn(Cc4ccccc4)cc3Cl)n2)cc1. The summed E-state index contributed by atoms with van der Waals surface area (Å²) in [6.07, 6.45) is 3.37. The van der Waals surface area contributed by atoms with Crippen LogP contribution in [0.2, 0.25) is 5.02 Å². The summed E-state index contributed by atoms with van der Waals surface area (Å²) in [4.78, 5) is 12.6. The number of carbonyl (C=O) groups is 1. The van der Waals surface area contributed by atoms with Gasteiger partial charge in [0.25, 0.3) is 5.91 Å². The van der Waals surface area contributed by atoms with Crippen LogP contribution in [-0.2, 0) is 13.3 Å². The predicted octanol–water partition coefficient (Wildman–Crippen LogP) is 5.19. The fourth-order valence-electron chi connectivity index (χ4n) is 3.15. The van der Waals surface area contributed by atoms with Crippen molar-refractivity contribution in [3.8, 4) is 5.75 Å². The second-order valence-corrected chi connectivity index (χ2v) is 8.11. The van der Waals surface area contributed by atoms with Gasteiger partial charge in [0.15, 0.2) is 18.2 Å². The number of ether oxygens (including phenoxy) is 1. The van der Waals surface area contributed by atoms with Crippen molar-refractivity contribution in [2.24, 2.45) is 0 Å². The standard InChI is InChI=1S/C24H24ClN5O2/c1-17(2)19-8-10-20(11-9-19)32-16-29-13-12-22(27-29)24(31)26-23-21(25)15-30(28-23)14-18-6-4-3-5-7-18/h3-13,15,17H,14,16H2,1-2H3,(H,26,28,31). The highest BCUT2D eigenvalue weighted by Gasteiger charge is 2.15. The van der Waals surface area contributed by atoms with E-state index in [1.807, 2.05) is 54.6 Å². The Morgan fingerprint density at radius 3 is 2.50 bits per heavy atom. The fraction of sp³-hybridized carbons (Fsp3) is 0.208. The molecule has 1 N–H and O–H groups in total. The highest BCUT2D eigenvalue weighted by atomic mass is 35.5. The smallest absolute Gasteiger partial charge is 0.277 e. The Balaban J connectivity index is 1.34. The maximum absolute atomic E-state index is 12.6. The van der Waals surface area contributed by atoms with Crippen LogP contribution in [0.4, 0.5) is 5.82 Å². The Kier molecular flexibility index (Phi) is 6.56. The highest BCUT2D eigenvalue weighted by Crippen LogP contribution is 2.21. The van der Waals surface area contributed by atoms with E-state index >= 15 is 0 Å². The minimum Gasteiger partial charge on any atom is -0.471 e. The lowest BCUT2D eigenvalue weighted by molar-refractivity contribution is 0.101. The molecule has 0 unspecified atom stereocenters. The minimum absolute atomic E-state index is 0.195. The molecule has 0 aliphatic heterocycles. The quantitative estimate of drug-likeness (QED) is 0.401. The molecule has 2 aromatic heterocycles. The van der Waals surface area contributed by atoms with Gasteiger partial charge in [-0.2, -0.15) is 10.2 Å². The summed E-state index contributed by atoms with van der Waals surface area (Å²) in [5.41, 5.74) is 2.58. The molecule has 7 nitrogen and oxygen atoms in total. The van der Waals surface area contributed by atoms with Crippen molar-refractivity contribution >= 4 is 23.3 Å². The molecule has 0 saturated carbocycles. The van der Waals surface area contributed by atoms with Crippen molar-refractivity contribution in [3.05, 3.63) is 94.9 Å². The molecule has 2 aromatic carbocycles. The zero-order chi connectivity index (χ0) is 22.5. The fourth-order valence-corrected chi connectivity index (χ4v) is 3.35. The summed E-state index contributed by atoms with van der Waals surface area (Å²) in [6.45, 7) is 5.04. The van der Waals surface area contributed by atoms with Crippen LogP contribution in [0.5, 0.6) is 5.75 Å². The van der Waals surface area contributed by atoms with Crippen molar-refractivity contribution in [1.82, 2.24) is 19.6 Å². The summed E-state index contributed by atoms with van der Waals surface area (Å²) in [6, 6.07) is 19.5. The first-order valence-corrected chi connectivity index (χ1v) is 10.7. The number of halogens is 1. The third kappa shape index (κ3) is 5.36. The number of anilines is 1. The molecule has 2 heterocycles. The molecule has 0 spiro atoms. The van der Waals surface area contributed by atoms with Crippen molar-refractivity contribution in [3.63, 3.8) is 0 Å². The van der Waals surface area contributed by atoms with Gasteiger partial charge < -0.3 is 10.1 Å². The van der Waals surface area contributed by atoms with Crippen molar-refractivity contribution in [2.75, 3.05) is 5.32 Å². The van der Waals surface area contributed by atoms with Gasteiger partial charge in [-0.05, 0) is 35.2 Å². The first kappa shape index (κ1) is 21.6. The largest absolute Gasteiger partial charge is 0.471 e. The second kappa shape index (κ2) is 9.70. The lowest BCUT2D eigenvalue weighted by atomic mass is 10.0. The molecule has 0 aliphatic carbocycles. The molecule has 0 aliphatic rings. The Morgan fingerprint density at radius 2 is 1.78 bits per heavy atom. The summed E-state index contributed by atoms with van der Waals surface area (Å²) in [5.74, 6) is 1.11. The third-order valence-corrected chi connectivity index (χ3v) is 5.20. The monoisotopic (exact) mass is 449 g/mol. The molecule has 0 saturated heterocycles. The van der Waals surface area contributed by atoms with Crippen LogP contribution < -0.4 is 10.1 Å². The lowest BCUT2D eigenvalue weighted by Crippen LogP contribution is -2.15. The first-order chi connectivity index (χ1) is 15.5. The van der Waals surface area contributed by atoms with Crippen molar-refractivity contribution in [1.29, 1.82) is 0 Å².